The molecule has 3 heterocycles. The van der Waals surface area contributed by atoms with Crippen LogP contribution in [0.2, 0.25) is 0 Å². The lowest BCUT2D eigenvalue weighted by molar-refractivity contribution is -0.146. The predicted molar refractivity (Wildman–Crippen MR) is 166 cm³/mol. The molecule has 45 heavy (non-hydrogen) atoms. The van der Waals surface area contributed by atoms with E-state index in [2.05, 4.69) is 10.1 Å². The Labute approximate surface area is 263 Å². The molecule has 2 aromatic heterocycles. The Bertz CT molecular complexity index is 1600. The van der Waals surface area contributed by atoms with Crippen LogP contribution in [0.25, 0.3) is 22.3 Å². The number of hydrogen-bond donors (Lipinski definition) is 0. The number of hydrogen-bond acceptors (Lipinski definition) is 10. The van der Waals surface area contributed by atoms with Crippen molar-refractivity contribution < 1.29 is 33.3 Å². The van der Waals surface area contributed by atoms with Gasteiger partial charge in [-0.1, -0.05) is 6.07 Å². The van der Waals surface area contributed by atoms with E-state index in [4.69, 9.17) is 23.9 Å². The number of esters is 1. The molecule has 1 saturated carbocycles. The molecule has 1 saturated heterocycles. The Kier molecular flexibility index (Phi) is 8.54. The van der Waals surface area contributed by atoms with Crippen molar-refractivity contribution in [3.05, 3.63) is 36.2 Å². The van der Waals surface area contributed by atoms with Gasteiger partial charge in [-0.05, 0) is 92.3 Å². The highest BCUT2D eigenvalue weighted by Gasteiger charge is 2.54. The fourth-order valence-electron chi connectivity index (χ4n) is 5.44. The topological polar surface area (TPSA) is 135 Å². The first-order valence-electron chi connectivity index (χ1n) is 15.4. The van der Waals surface area contributed by atoms with Crippen molar-refractivity contribution in [1.29, 1.82) is 0 Å². The van der Waals surface area contributed by atoms with Crippen molar-refractivity contribution in [3.63, 3.8) is 0 Å². The van der Waals surface area contributed by atoms with Crippen molar-refractivity contribution in [2.24, 2.45) is 5.41 Å². The molecule has 1 spiro atoms. The number of rotatable bonds is 6. The van der Waals surface area contributed by atoms with E-state index in [1.54, 1.807) is 63.9 Å². The minimum atomic E-state index is -0.740. The van der Waals surface area contributed by atoms with E-state index in [1.165, 1.54) is 10.9 Å². The summed E-state index contributed by atoms with van der Waals surface area (Å²) in [4.78, 5) is 49.3. The lowest BCUT2D eigenvalue weighted by Crippen LogP contribution is -2.51. The summed E-state index contributed by atoms with van der Waals surface area (Å²) < 4.78 is 24.2. The Balaban J connectivity index is 1.46. The number of fused-ring (bicyclic) bond motifs is 1. The van der Waals surface area contributed by atoms with Crippen LogP contribution in [-0.4, -0.2) is 79.3 Å². The molecule has 1 aliphatic heterocycles. The number of likely N-dealkylation sites (tertiary alicyclic amines) is 1. The Hall–Kier alpha value is -4.22. The second kappa shape index (κ2) is 11.9. The van der Waals surface area contributed by atoms with E-state index >= 15 is 0 Å². The minimum absolute atomic E-state index is 0.0132. The smallest absolute Gasteiger partial charge is 0.435 e. The standard InChI is InChI=1S/C33H43N5O7/c1-20(2)42-27(39)16-21-9-10-24-22(15-21)28(36-38(24)30(41)45-32(6,7)8)23-17-34-18-26(35-23)43-25-19-37(14-13-33(25)11-12-33)29(40)44-31(3,4)5/h9-10,15,17-18,20,25H,11-14,16,19H2,1-8H3. The molecule has 0 bridgehead atoms. The van der Waals surface area contributed by atoms with Crippen LogP contribution in [0, 0.1) is 5.41 Å². The van der Waals surface area contributed by atoms with Gasteiger partial charge in [0.1, 0.15) is 28.7 Å². The van der Waals surface area contributed by atoms with Crippen LogP contribution in [0.3, 0.4) is 0 Å². The number of aromatic nitrogens is 4. The molecule has 0 N–H and O–H groups in total. The summed E-state index contributed by atoms with van der Waals surface area (Å²) in [6.45, 7) is 15.5. The van der Waals surface area contributed by atoms with E-state index in [9.17, 15) is 14.4 Å². The molecule has 2 fully saturated rings. The highest BCUT2D eigenvalue weighted by atomic mass is 16.6. The monoisotopic (exact) mass is 621 g/mol. The van der Waals surface area contributed by atoms with Crippen molar-refractivity contribution in [2.45, 2.75) is 104 Å². The molecule has 5 rings (SSSR count). The molecule has 12 heteroatoms. The average molecular weight is 622 g/mol. The highest BCUT2D eigenvalue weighted by molar-refractivity contribution is 5.97. The molecule has 0 radical (unpaired) electrons. The van der Waals surface area contributed by atoms with E-state index in [0.717, 1.165) is 19.3 Å². The number of benzene rings is 1. The summed E-state index contributed by atoms with van der Waals surface area (Å²) in [7, 11) is 0. The number of carbonyl (C=O) groups is 3. The predicted octanol–water partition coefficient (Wildman–Crippen LogP) is 5.94. The molecular formula is C33H43N5O7. The average Bonchev–Trinajstić information content (AvgIpc) is 3.58. The third-order valence-electron chi connectivity index (χ3n) is 7.64. The maximum Gasteiger partial charge on any atom is 0.435 e. The molecule has 12 nitrogen and oxygen atoms in total. The fourth-order valence-corrected chi connectivity index (χ4v) is 5.44. The normalized spacial score (nSPS) is 17.8. The summed E-state index contributed by atoms with van der Waals surface area (Å²) in [5.74, 6) is -0.0750. The van der Waals surface area contributed by atoms with Gasteiger partial charge in [0.05, 0.1) is 37.0 Å². The Morgan fingerprint density at radius 3 is 2.31 bits per heavy atom. The zero-order valence-corrected chi connectivity index (χ0v) is 27.4. The summed E-state index contributed by atoms with van der Waals surface area (Å²) >= 11 is 0. The van der Waals surface area contributed by atoms with E-state index in [1.807, 2.05) is 20.8 Å². The largest absolute Gasteiger partial charge is 0.471 e. The quantitative estimate of drug-likeness (QED) is 0.240. The van der Waals surface area contributed by atoms with Gasteiger partial charge in [-0.15, -0.1) is 0 Å². The molecule has 1 aromatic carbocycles. The van der Waals surface area contributed by atoms with Crippen LogP contribution in [0.4, 0.5) is 9.59 Å². The third kappa shape index (κ3) is 7.72. The Morgan fingerprint density at radius 1 is 0.978 bits per heavy atom. The first-order valence-corrected chi connectivity index (χ1v) is 15.4. The summed E-state index contributed by atoms with van der Waals surface area (Å²) in [5, 5.41) is 5.20. The van der Waals surface area contributed by atoms with Gasteiger partial charge in [0.15, 0.2) is 0 Å². The second-order valence-electron chi connectivity index (χ2n) is 14.2. The van der Waals surface area contributed by atoms with Gasteiger partial charge < -0.3 is 23.8 Å². The molecule has 2 aliphatic rings. The second-order valence-corrected chi connectivity index (χ2v) is 14.2. The molecule has 3 aromatic rings. The van der Waals surface area contributed by atoms with Gasteiger partial charge in [-0.2, -0.15) is 9.78 Å². The number of carbonyl (C=O) groups excluding carboxylic acids is 3. The summed E-state index contributed by atoms with van der Waals surface area (Å²) in [5.41, 5.74) is 0.599. The van der Waals surface area contributed by atoms with Crippen LogP contribution >= 0.6 is 0 Å². The van der Waals surface area contributed by atoms with Crippen LogP contribution in [0.15, 0.2) is 30.6 Å². The van der Waals surface area contributed by atoms with Crippen LogP contribution in [0.1, 0.15) is 80.2 Å². The van der Waals surface area contributed by atoms with E-state index in [0.29, 0.717) is 40.9 Å². The summed E-state index contributed by atoms with van der Waals surface area (Å²) in [6.07, 6.45) is 4.46. The zero-order chi connectivity index (χ0) is 32.7. The summed E-state index contributed by atoms with van der Waals surface area (Å²) in [6, 6.07) is 5.29. The molecule has 1 amide bonds. The lowest BCUT2D eigenvalue weighted by atomic mass is 9.90. The van der Waals surface area contributed by atoms with Gasteiger partial charge in [-0.25, -0.2) is 14.6 Å². The van der Waals surface area contributed by atoms with Gasteiger partial charge >= 0.3 is 18.2 Å². The first kappa shape index (κ1) is 32.2. The number of amides is 1. The van der Waals surface area contributed by atoms with E-state index in [-0.39, 0.29) is 42.0 Å². The molecule has 1 atom stereocenters. The molecule has 1 unspecified atom stereocenters. The van der Waals surface area contributed by atoms with Gasteiger partial charge in [0, 0.05) is 17.3 Å². The SMILES string of the molecule is CC(C)OC(=O)Cc1ccc2c(c1)c(-c1cncc(OC3CN(C(=O)OC(C)(C)C)CCC34CC4)n1)nn2C(=O)OC(C)(C)C. The molecular weight excluding hydrogens is 578 g/mol. The van der Waals surface area contributed by atoms with Crippen molar-refractivity contribution in [3.8, 4) is 17.3 Å². The third-order valence-corrected chi connectivity index (χ3v) is 7.64. The Morgan fingerprint density at radius 2 is 1.67 bits per heavy atom. The lowest BCUT2D eigenvalue weighted by Gasteiger charge is -2.39. The van der Waals surface area contributed by atoms with Crippen molar-refractivity contribution in [2.75, 3.05) is 13.1 Å². The van der Waals surface area contributed by atoms with Crippen LogP contribution in [0.5, 0.6) is 5.88 Å². The van der Waals surface area contributed by atoms with Gasteiger partial charge in [-0.3, -0.25) is 9.78 Å². The van der Waals surface area contributed by atoms with E-state index < -0.39 is 17.3 Å². The maximum absolute atomic E-state index is 13.2. The zero-order valence-electron chi connectivity index (χ0n) is 27.4. The van der Waals surface area contributed by atoms with Crippen LogP contribution in [-0.2, 0) is 25.4 Å². The van der Waals surface area contributed by atoms with Crippen molar-refractivity contribution in [1.82, 2.24) is 24.6 Å². The van der Waals surface area contributed by atoms with Gasteiger partial charge in [0.25, 0.3) is 0 Å². The van der Waals surface area contributed by atoms with Gasteiger partial charge in [0.2, 0.25) is 5.88 Å². The first-order chi connectivity index (χ1) is 21.0. The minimum Gasteiger partial charge on any atom is -0.471 e. The highest BCUT2D eigenvalue weighted by Crippen LogP contribution is 2.54. The van der Waals surface area contributed by atoms with Crippen molar-refractivity contribution >= 4 is 29.1 Å². The maximum atomic E-state index is 13.2. The number of ether oxygens (including phenoxy) is 4. The van der Waals surface area contributed by atoms with Crippen LogP contribution < -0.4 is 4.74 Å². The molecule has 1 aliphatic carbocycles. The molecule has 242 valence electrons. The number of piperidine rings is 1. The fraction of sp³-hybridized carbons (Fsp3) is 0.576. The number of nitrogens with zero attached hydrogens (tertiary/aromatic N) is 5.